The fraction of sp³-hybridized carbons (Fsp3) is 0.161. The smallest absolute Gasteiger partial charge is 0.159 e. The highest BCUT2D eigenvalue weighted by Crippen LogP contribution is 2.34. The molecule has 0 amide bonds. The number of fused-ring (bicyclic) bond motifs is 1. The highest BCUT2D eigenvalue weighted by atomic mass is 35.5. The molecule has 0 atom stereocenters. The summed E-state index contributed by atoms with van der Waals surface area (Å²) in [4.78, 5) is 4.96. The molecule has 5 aromatic rings. The Morgan fingerprint density at radius 3 is 1.75 bits per heavy atom. The van der Waals surface area contributed by atoms with Crippen LogP contribution in [0, 0.1) is 0 Å². The van der Waals surface area contributed by atoms with Crippen molar-refractivity contribution in [1.29, 1.82) is 0 Å². The van der Waals surface area contributed by atoms with E-state index >= 15 is 0 Å². The lowest BCUT2D eigenvalue weighted by Gasteiger charge is -2.40. The summed E-state index contributed by atoms with van der Waals surface area (Å²) in [5.74, 6) is 0.957. The molecule has 5 heteroatoms. The van der Waals surface area contributed by atoms with Gasteiger partial charge in [0.2, 0.25) is 0 Å². The third kappa shape index (κ3) is 4.46. The number of anilines is 1. The lowest BCUT2D eigenvalue weighted by molar-refractivity contribution is 0.212. The van der Waals surface area contributed by atoms with Gasteiger partial charge in [-0.1, -0.05) is 109 Å². The van der Waals surface area contributed by atoms with E-state index in [-0.39, 0.29) is 6.04 Å². The molecule has 0 radical (unpaired) electrons. The molecule has 0 saturated carbocycles. The Hall–Kier alpha value is -3.73. The molecular weight excluding hydrogens is 464 g/mol. The molecule has 2 heterocycles. The zero-order valence-corrected chi connectivity index (χ0v) is 20.7. The monoisotopic (exact) mass is 490 g/mol. The number of benzene rings is 4. The molecule has 36 heavy (non-hydrogen) atoms. The van der Waals surface area contributed by atoms with E-state index in [1.165, 1.54) is 11.1 Å². The number of nitrogens with zero attached hydrogens (tertiary/aromatic N) is 4. The molecule has 0 bridgehead atoms. The van der Waals surface area contributed by atoms with Crippen molar-refractivity contribution in [3.05, 3.63) is 125 Å². The van der Waals surface area contributed by atoms with Crippen LogP contribution < -0.4 is 4.90 Å². The molecule has 0 N–H and O–H groups in total. The van der Waals surface area contributed by atoms with E-state index in [9.17, 15) is 0 Å². The highest BCUT2D eigenvalue weighted by molar-refractivity contribution is 6.30. The van der Waals surface area contributed by atoms with Crippen molar-refractivity contribution in [3.8, 4) is 11.3 Å². The molecule has 0 unspecified atom stereocenters. The minimum atomic E-state index is 0.240. The van der Waals surface area contributed by atoms with E-state index in [4.69, 9.17) is 16.7 Å². The second-order valence-corrected chi connectivity index (χ2v) is 9.61. The van der Waals surface area contributed by atoms with Crippen molar-refractivity contribution < 1.29 is 0 Å². The van der Waals surface area contributed by atoms with Gasteiger partial charge in [0.25, 0.3) is 0 Å². The van der Waals surface area contributed by atoms with Gasteiger partial charge in [0.15, 0.2) is 5.82 Å². The van der Waals surface area contributed by atoms with Crippen molar-refractivity contribution >= 4 is 28.2 Å². The molecule has 6 rings (SSSR count). The molecule has 4 aromatic carbocycles. The van der Waals surface area contributed by atoms with Gasteiger partial charge < -0.3 is 4.90 Å². The van der Waals surface area contributed by atoms with Gasteiger partial charge in [-0.25, -0.2) is 0 Å². The van der Waals surface area contributed by atoms with E-state index in [1.807, 2.05) is 24.3 Å². The number of halogens is 1. The number of hydrogen-bond donors (Lipinski definition) is 0. The first-order valence-corrected chi connectivity index (χ1v) is 12.8. The SMILES string of the molecule is Clc1ccc(-c2nnc(N3CCN(C(c4ccccc4)c4ccccc4)CC3)c3ccccc23)cc1. The van der Waals surface area contributed by atoms with E-state index < -0.39 is 0 Å². The van der Waals surface area contributed by atoms with Crippen LogP contribution in [0.5, 0.6) is 0 Å². The maximum Gasteiger partial charge on any atom is 0.159 e. The molecule has 178 valence electrons. The zero-order chi connectivity index (χ0) is 24.3. The minimum absolute atomic E-state index is 0.240. The Labute approximate surface area is 216 Å². The summed E-state index contributed by atoms with van der Waals surface area (Å²) < 4.78 is 0. The topological polar surface area (TPSA) is 32.3 Å². The van der Waals surface area contributed by atoms with Gasteiger partial charge in [0.1, 0.15) is 5.69 Å². The summed E-state index contributed by atoms with van der Waals surface area (Å²) in [6.45, 7) is 3.69. The average Bonchev–Trinajstić information content (AvgIpc) is 2.95. The van der Waals surface area contributed by atoms with Crippen LogP contribution in [0.25, 0.3) is 22.0 Å². The van der Waals surface area contributed by atoms with Gasteiger partial charge in [-0.15, -0.1) is 10.2 Å². The molecule has 1 saturated heterocycles. The van der Waals surface area contributed by atoms with Crippen molar-refractivity contribution in [2.45, 2.75) is 6.04 Å². The number of hydrogen-bond acceptors (Lipinski definition) is 4. The molecule has 4 nitrogen and oxygen atoms in total. The lowest BCUT2D eigenvalue weighted by Crippen LogP contribution is -2.48. The predicted molar refractivity (Wildman–Crippen MR) is 148 cm³/mol. The molecule has 1 fully saturated rings. The van der Waals surface area contributed by atoms with Crippen LogP contribution in [-0.4, -0.2) is 41.3 Å². The summed E-state index contributed by atoms with van der Waals surface area (Å²) in [6.07, 6.45) is 0. The third-order valence-corrected chi connectivity index (χ3v) is 7.25. The highest BCUT2D eigenvalue weighted by Gasteiger charge is 2.28. The zero-order valence-electron chi connectivity index (χ0n) is 20.0. The van der Waals surface area contributed by atoms with Crippen LogP contribution in [0.4, 0.5) is 5.82 Å². The fourth-order valence-corrected chi connectivity index (χ4v) is 5.35. The van der Waals surface area contributed by atoms with Crippen molar-refractivity contribution in [2.24, 2.45) is 0 Å². The Kier molecular flexibility index (Phi) is 6.37. The van der Waals surface area contributed by atoms with E-state index in [0.717, 1.165) is 59.0 Å². The second-order valence-electron chi connectivity index (χ2n) is 9.17. The minimum Gasteiger partial charge on any atom is -0.352 e. The van der Waals surface area contributed by atoms with Crippen molar-refractivity contribution in [2.75, 3.05) is 31.1 Å². The first-order valence-electron chi connectivity index (χ1n) is 12.4. The van der Waals surface area contributed by atoms with E-state index in [0.29, 0.717) is 0 Å². The van der Waals surface area contributed by atoms with Crippen molar-refractivity contribution in [3.63, 3.8) is 0 Å². The summed E-state index contributed by atoms with van der Waals surface area (Å²) >= 11 is 6.11. The normalized spacial score (nSPS) is 14.4. The fourth-order valence-electron chi connectivity index (χ4n) is 5.22. The summed E-state index contributed by atoms with van der Waals surface area (Å²) in [7, 11) is 0. The Bertz CT molecular complexity index is 1410. The van der Waals surface area contributed by atoms with Crippen LogP contribution in [0.15, 0.2) is 109 Å². The van der Waals surface area contributed by atoms with Crippen LogP contribution in [0.2, 0.25) is 5.02 Å². The number of piperazine rings is 1. The van der Waals surface area contributed by atoms with Gasteiger partial charge in [-0.05, 0) is 23.3 Å². The Morgan fingerprint density at radius 2 is 1.14 bits per heavy atom. The van der Waals surface area contributed by atoms with Crippen molar-refractivity contribution in [1.82, 2.24) is 15.1 Å². The third-order valence-electron chi connectivity index (χ3n) is 7.00. The maximum atomic E-state index is 6.11. The first-order chi connectivity index (χ1) is 17.8. The average molecular weight is 491 g/mol. The summed E-state index contributed by atoms with van der Waals surface area (Å²) in [5, 5.41) is 12.4. The number of aromatic nitrogens is 2. The Balaban J connectivity index is 1.29. The molecule has 0 spiro atoms. The summed E-state index contributed by atoms with van der Waals surface area (Å²) in [5.41, 5.74) is 4.57. The van der Waals surface area contributed by atoms with Crippen LogP contribution in [0.3, 0.4) is 0 Å². The first kappa shape index (κ1) is 22.7. The van der Waals surface area contributed by atoms with Crippen LogP contribution in [0.1, 0.15) is 17.2 Å². The predicted octanol–water partition coefficient (Wildman–Crippen LogP) is 6.86. The molecule has 0 aliphatic carbocycles. The molecule has 1 aliphatic rings. The molecule has 1 aliphatic heterocycles. The van der Waals surface area contributed by atoms with Gasteiger partial charge in [-0.3, -0.25) is 4.90 Å². The number of rotatable bonds is 5. The van der Waals surface area contributed by atoms with Gasteiger partial charge in [-0.2, -0.15) is 0 Å². The second kappa shape index (κ2) is 10.1. The molecule has 1 aromatic heterocycles. The summed E-state index contributed by atoms with van der Waals surface area (Å²) in [6, 6.07) is 38.1. The van der Waals surface area contributed by atoms with Gasteiger partial charge in [0.05, 0.1) is 6.04 Å². The van der Waals surface area contributed by atoms with Crippen LogP contribution in [-0.2, 0) is 0 Å². The largest absolute Gasteiger partial charge is 0.352 e. The maximum absolute atomic E-state index is 6.11. The Morgan fingerprint density at radius 1 is 0.583 bits per heavy atom. The lowest BCUT2D eigenvalue weighted by atomic mass is 9.96. The quantitative estimate of drug-likeness (QED) is 0.269. The van der Waals surface area contributed by atoms with Gasteiger partial charge >= 0.3 is 0 Å². The van der Waals surface area contributed by atoms with Crippen LogP contribution >= 0.6 is 11.6 Å². The van der Waals surface area contributed by atoms with E-state index in [2.05, 4.69) is 99.8 Å². The standard InChI is InChI=1S/C31H27ClN4/c32-26-17-15-23(16-18-26)29-27-13-7-8-14-28(27)31(34-33-29)36-21-19-35(20-22-36)30(24-9-3-1-4-10-24)25-11-5-2-6-12-25/h1-18,30H,19-22H2. The van der Waals surface area contributed by atoms with E-state index in [1.54, 1.807) is 0 Å². The molecular formula is C31H27ClN4. The van der Waals surface area contributed by atoms with Gasteiger partial charge in [0, 0.05) is 47.5 Å².